The third-order valence-electron chi connectivity index (χ3n) is 4.55. The molecular formula is C21H22N2O4. The monoisotopic (exact) mass is 366 g/mol. The minimum absolute atomic E-state index is 0.0533. The van der Waals surface area contributed by atoms with Gasteiger partial charge in [0.05, 0.1) is 5.69 Å². The minimum Gasteiger partial charge on any atom is -0.482 e. The number of ether oxygens (including phenoxy) is 1. The Morgan fingerprint density at radius 1 is 1.15 bits per heavy atom. The van der Waals surface area contributed by atoms with Crippen LogP contribution >= 0.6 is 0 Å². The van der Waals surface area contributed by atoms with Crippen molar-refractivity contribution in [2.45, 2.75) is 19.9 Å². The molecule has 0 unspecified atom stereocenters. The van der Waals surface area contributed by atoms with Crippen LogP contribution in [-0.4, -0.2) is 42.7 Å². The van der Waals surface area contributed by atoms with Crippen molar-refractivity contribution in [3.8, 4) is 5.75 Å². The Morgan fingerprint density at radius 3 is 2.59 bits per heavy atom. The molecule has 6 nitrogen and oxygen atoms in total. The predicted molar refractivity (Wildman–Crippen MR) is 102 cm³/mol. The highest BCUT2D eigenvalue weighted by Crippen LogP contribution is 2.33. The largest absolute Gasteiger partial charge is 0.482 e. The molecule has 27 heavy (non-hydrogen) atoms. The number of benzene rings is 2. The summed E-state index contributed by atoms with van der Waals surface area (Å²) in [6.07, 6.45) is 0.193. The van der Waals surface area contributed by atoms with Crippen LogP contribution < -0.4 is 9.64 Å². The second-order valence-corrected chi connectivity index (χ2v) is 6.56. The van der Waals surface area contributed by atoms with E-state index in [9.17, 15) is 14.4 Å². The maximum atomic E-state index is 12.5. The molecule has 1 aliphatic heterocycles. The molecule has 2 aromatic carbocycles. The molecule has 0 N–H and O–H groups in total. The number of hydrogen-bond acceptors (Lipinski definition) is 4. The standard InChI is InChI=1S/C21H22N2O4/c1-15(24)17-8-9-19-18(12-17)23(21(26)14-27-19)11-10-20(25)22(2)13-16-6-4-3-5-7-16/h3-9,12H,10-11,13-14H2,1-2H3. The summed E-state index contributed by atoms with van der Waals surface area (Å²) in [4.78, 5) is 39.6. The van der Waals surface area contributed by atoms with E-state index >= 15 is 0 Å². The second kappa shape index (κ2) is 8.03. The van der Waals surface area contributed by atoms with E-state index in [0.717, 1.165) is 5.56 Å². The van der Waals surface area contributed by atoms with E-state index in [1.807, 2.05) is 30.3 Å². The van der Waals surface area contributed by atoms with Gasteiger partial charge in [0, 0.05) is 32.1 Å². The van der Waals surface area contributed by atoms with E-state index in [4.69, 9.17) is 4.74 Å². The molecule has 0 fully saturated rings. The number of hydrogen-bond donors (Lipinski definition) is 0. The SMILES string of the molecule is CC(=O)c1ccc2c(c1)N(CCC(=O)N(C)Cc1ccccc1)C(=O)CO2. The van der Waals surface area contributed by atoms with Gasteiger partial charge >= 0.3 is 0 Å². The Labute approximate surface area is 158 Å². The van der Waals surface area contributed by atoms with Crippen LogP contribution in [0.4, 0.5) is 5.69 Å². The van der Waals surface area contributed by atoms with E-state index in [1.54, 1.807) is 30.1 Å². The summed E-state index contributed by atoms with van der Waals surface area (Å²) < 4.78 is 5.44. The first-order valence-electron chi connectivity index (χ1n) is 8.82. The predicted octanol–water partition coefficient (Wildman–Crippen LogP) is 2.66. The first-order valence-corrected chi connectivity index (χ1v) is 8.82. The van der Waals surface area contributed by atoms with E-state index in [1.165, 1.54) is 11.8 Å². The quantitative estimate of drug-likeness (QED) is 0.737. The zero-order valence-corrected chi connectivity index (χ0v) is 15.5. The number of ketones is 1. The molecule has 3 rings (SSSR count). The summed E-state index contributed by atoms with van der Waals surface area (Å²) in [5.74, 6) is 0.184. The summed E-state index contributed by atoms with van der Waals surface area (Å²) >= 11 is 0. The van der Waals surface area contributed by atoms with Gasteiger partial charge in [0.15, 0.2) is 12.4 Å². The molecule has 0 bridgehead atoms. The van der Waals surface area contributed by atoms with E-state index in [0.29, 0.717) is 23.5 Å². The smallest absolute Gasteiger partial charge is 0.265 e. The molecule has 0 spiro atoms. The van der Waals surface area contributed by atoms with Crippen molar-refractivity contribution >= 4 is 23.3 Å². The third-order valence-corrected chi connectivity index (χ3v) is 4.55. The van der Waals surface area contributed by atoms with Crippen LogP contribution in [0.25, 0.3) is 0 Å². The van der Waals surface area contributed by atoms with Crippen molar-refractivity contribution in [2.75, 3.05) is 25.1 Å². The number of rotatable bonds is 6. The minimum atomic E-state index is -0.221. The zero-order chi connectivity index (χ0) is 19.4. The van der Waals surface area contributed by atoms with Crippen LogP contribution in [0.3, 0.4) is 0 Å². The zero-order valence-electron chi connectivity index (χ0n) is 15.5. The van der Waals surface area contributed by atoms with Gasteiger partial charge in [0.25, 0.3) is 5.91 Å². The van der Waals surface area contributed by atoms with Crippen LogP contribution in [0.1, 0.15) is 29.3 Å². The lowest BCUT2D eigenvalue weighted by Crippen LogP contribution is -2.41. The summed E-state index contributed by atoms with van der Waals surface area (Å²) in [5.41, 5.74) is 2.09. The maximum Gasteiger partial charge on any atom is 0.265 e. The van der Waals surface area contributed by atoms with Crippen molar-refractivity contribution in [3.63, 3.8) is 0 Å². The summed E-state index contributed by atoms with van der Waals surface area (Å²) in [7, 11) is 1.75. The van der Waals surface area contributed by atoms with Gasteiger partial charge in [-0.15, -0.1) is 0 Å². The van der Waals surface area contributed by atoms with Crippen LogP contribution in [0.15, 0.2) is 48.5 Å². The third kappa shape index (κ3) is 4.34. The topological polar surface area (TPSA) is 66.9 Å². The molecule has 0 radical (unpaired) electrons. The number of carbonyl (C=O) groups is 3. The van der Waals surface area contributed by atoms with Crippen molar-refractivity contribution < 1.29 is 19.1 Å². The van der Waals surface area contributed by atoms with Gasteiger partial charge in [-0.1, -0.05) is 30.3 Å². The summed E-state index contributed by atoms with van der Waals surface area (Å²) in [6.45, 7) is 2.16. The average molecular weight is 366 g/mol. The Hall–Kier alpha value is -3.15. The number of carbonyl (C=O) groups excluding carboxylic acids is 3. The number of amides is 2. The Balaban J connectivity index is 1.68. The molecule has 0 saturated carbocycles. The number of anilines is 1. The fourth-order valence-electron chi connectivity index (χ4n) is 3.01. The van der Waals surface area contributed by atoms with Crippen LogP contribution in [0, 0.1) is 0 Å². The van der Waals surface area contributed by atoms with Gasteiger partial charge in [-0.25, -0.2) is 0 Å². The molecule has 2 amide bonds. The lowest BCUT2D eigenvalue weighted by molar-refractivity contribution is -0.130. The van der Waals surface area contributed by atoms with Gasteiger partial charge in [-0.3, -0.25) is 14.4 Å². The maximum absolute atomic E-state index is 12.5. The van der Waals surface area contributed by atoms with Crippen molar-refractivity contribution in [1.82, 2.24) is 4.90 Å². The molecule has 1 aliphatic rings. The first-order chi connectivity index (χ1) is 13.0. The fourth-order valence-corrected chi connectivity index (χ4v) is 3.01. The number of fused-ring (bicyclic) bond motifs is 1. The number of nitrogens with zero attached hydrogens (tertiary/aromatic N) is 2. The summed E-state index contributed by atoms with van der Waals surface area (Å²) in [6, 6.07) is 14.7. The van der Waals surface area contributed by atoms with E-state index < -0.39 is 0 Å². The lowest BCUT2D eigenvalue weighted by atomic mass is 10.1. The highest BCUT2D eigenvalue weighted by Gasteiger charge is 2.27. The number of Topliss-reactive ketones (excluding diaryl/α,β-unsaturated/α-hetero) is 1. The highest BCUT2D eigenvalue weighted by atomic mass is 16.5. The van der Waals surface area contributed by atoms with Gasteiger partial charge in [-0.05, 0) is 30.7 Å². The van der Waals surface area contributed by atoms with Crippen LogP contribution in [0.5, 0.6) is 5.75 Å². The summed E-state index contributed by atoms with van der Waals surface area (Å²) in [5, 5.41) is 0. The Morgan fingerprint density at radius 2 is 1.89 bits per heavy atom. The molecule has 2 aromatic rings. The van der Waals surface area contributed by atoms with Gasteiger partial charge in [-0.2, -0.15) is 0 Å². The van der Waals surface area contributed by atoms with Gasteiger partial charge < -0.3 is 14.5 Å². The van der Waals surface area contributed by atoms with Crippen molar-refractivity contribution in [2.24, 2.45) is 0 Å². The molecule has 0 aromatic heterocycles. The van der Waals surface area contributed by atoms with E-state index in [-0.39, 0.29) is 37.2 Å². The molecule has 6 heteroatoms. The van der Waals surface area contributed by atoms with Gasteiger partial charge in [0.1, 0.15) is 5.75 Å². The Kier molecular flexibility index (Phi) is 5.54. The van der Waals surface area contributed by atoms with Crippen molar-refractivity contribution in [3.05, 3.63) is 59.7 Å². The van der Waals surface area contributed by atoms with Crippen LogP contribution in [-0.2, 0) is 16.1 Å². The molecule has 1 heterocycles. The molecule has 0 atom stereocenters. The van der Waals surface area contributed by atoms with Gasteiger partial charge in [0.2, 0.25) is 5.91 Å². The fraction of sp³-hybridized carbons (Fsp3) is 0.286. The molecule has 140 valence electrons. The second-order valence-electron chi connectivity index (χ2n) is 6.56. The highest BCUT2D eigenvalue weighted by molar-refractivity contribution is 6.01. The Bertz CT molecular complexity index is 864. The molecule has 0 saturated heterocycles. The van der Waals surface area contributed by atoms with E-state index in [2.05, 4.69) is 0 Å². The molecular weight excluding hydrogens is 344 g/mol. The normalized spacial score (nSPS) is 13.0. The average Bonchev–Trinajstić information content (AvgIpc) is 2.67. The first kappa shape index (κ1) is 18.6. The molecule has 0 aliphatic carbocycles. The lowest BCUT2D eigenvalue weighted by Gasteiger charge is -2.30. The van der Waals surface area contributed by atoms with Crippen molar-refractivity contribution in [1.29, 1.82) is 0 Å². The van der Waals surface area contributed by atoms with Crippen LogP contribution in [0.2, 0.25) is 0 Å².